The van der Waals surface area contributed by atoms with E-state index in [1.807, 2.05) is 133 Å². The van der Waals surface area contributed by atoms with Crippen LogP contribution in [0.2, 0.25) is 0 Å². The highest BCUT2D eigenvalue weighted by atomic mass is 16.3. The van der Waals surface area contributed by atoms with Crippen LogP contribution in [0.15, 0.2) is 156 Å². The van der Waals surface area contributed by atoms with Gasteiger partial charge in [-0.05, 0) is 41.0 Å². The van der Waals surface area contributed by atoms with Crippen molar-refractivity contribution < 1.29 is 4.42 Å². The van der Waals surface area contributed by atoms with Crippen LogP contribution in [0.3, 0.4) is 0 Å². The van der Waals surface area contributed by atoms with E-state index in [-0.39, 0.29) is 0 Å². The lowest BCUT2D eigenvalue weighted by Gasteiger charge is -2.10. The molecule has 6 aromatic carbocycles. The van der Waals surface area contributed by atoms with Gasteiger partial charge < -0.3 is 4.42 Å². The standard InChI is InChI=1S/C41H25N5O/c1-42-34-23-21-27(22-24-34)33-25-35(37-36(26-33)47-41(43-37)32-15-9-4-10-16-32)28-17-19-31(20-18-28)40-45-38(29-11-5-2-6-12-29)44-39(46-40)30-13-7-3-8-14-30/h2-26H. The minimum absolute atomic E-state index is 0.561. The molecule has 0 unspecified atom stereocenters. The van der Waals surface area contributed by atoms with Gasteiger partial charge in [-0.3, -0.25) is 0 Å². The monoisotopic (exact) mass is 603 g/mol. The molecule has 0 spiro atoms. The molecule has 0 saturated carbocycles. The van der Waals surface area contributed by atoms with E-state index in [9.17, 15) is 0 Å². The van der Waals surface area contributed by atoms with Gasteiger partial charge in [0.05, 0.1) is 6.57 Å². The lowest BCUT2D eigenvalue weighted by molar-refractivity contribution is 0.620. The molecule has 0 N–H and O–H groups in total. The van der Waals surface area contributed by atoms with E-state index in [4.69, 9.17) is 30.9 Å². The number of nitrogens with zero attached hydrogens (tertiary/aromatic N) is 5. The molecule has 0 radical (unpaired) electrons. The number of rotatable bonds is 6. The summed E-state index contributed by atoms with van der Waals surface area (Å²) in [4.78, 5) is 23.1. The lowest BCUT2D eigenvalue weighted by Crippen LogP contribution is -2.00. The van der Waals surface area contributed by atoms with Crippen molar-refractivity contribution in [3.63, 3.8) is 0 Å². The molecule has 47 heavy (non-hydrogen) atoms. The molecule has 6 nitrogen and oxygen atoms in total. The van der Waals surface area contributed by atoms with Gasteiger partial charge in [-0.15, -0.1) is 0 Å². The summed E-state index contributed by atoms with van der Waals surface area (Å²) in [6.07, 6.45) is 0. The van der Waals surface area contributed by atoms with Crippen molar-refractivity contribution >= 4 is 16.8 Å². The highest BCUT2D eigenvalue weighted by Crippen LogP contribution is 2.37. The molecule has 0 aliphatic rings. The van der Waals surface area contributed by atoms with Gasteiger partial charge in [0.15, 0.2) is 28.7 Å². The zero-order chi connectivity index (χ0) is 31.6. The minimum atomic E-state index is 0.561. The maximum Gasteiger partial charge on any atom is 0.227 e. The van der Waals surface area contributed by atoms with Crippen LogP contribution < -0.4 is 0 Å². The first-order chi connectivity index (χ1) is 23.2. The van der Waals surface area contributed by atoms with Gasteiger partial charge in [0.1, 0.15) is 5.52 Å². The van der Waals surface area contributed by atoms with Crippen LogP contribution in [0.5, 0.6) is 0 Å². The zero-order valence-electron chi connectivity index (χ0n) is 25.1. The highest BCUT2D eigenvalue weighted by molar-refractivity contribution is 5.96. The van der Waals surface area contributed by atoms with Crippen molar-refractivity contribution in [2.24, 2.45) is 0 Å². The Labute approximate surface area is 271 Å². The van der Waals surface area contributed by atoms with E-state index < -0.39 is 0 Å². The maximum atomic E-state index is 7.34. The summed E-state index contributed by atoms with van der Waals surface area (Å²) in [5.41, 5.74) is 9.57. The van der Waals surface area contributed by atoms with Crippen LogP contribution in [0, 0.1) is 6.57 Å². The molecule has 220 valence electrons. The van der Waals surface area contributed by atoms with E-state index in [2.05, 4.69) is 23.0 Å². The van der Waals surface area contributed by atoms with Gasteiger partial charge in [-0.25, -0.2) is 24.8 Å². The molecule has 2 heterocycles. The Morgan fingerprint density at radius 1 is 0.426 bits per heavy atom. The fourth-order valence-electron chi connectivity index (χ4n) is 5.59. The summed E-state index contributed by atoms with van der Waals surface area (Å²) in [6.45, 7) is 7.34. The Bertz CT molecular complexity index is 2320. The lowest BCUT2D eigenvalue weighted by atomic mass is 9.97. The van der Waals surface area contributed by atoms with Crippen LogP contribution in [-0.4, -0.2) is 19.9 Å². The second kappa shape index (κ2) is 12.0. The second-order valence-corrected chi connectivity index (χ2v) is 11.0. The predicted molar refractivity (Wildman–Crippen MR) is 186 cm³/mol. The average molecular weight is 604 g/mol. The molecule has 6 heteroatoms. The molecule has 0 amide bonds. The Morgan fingerprint density at radius 3 is 1.43 bits per heavy atom. The molecule has 0 fully saturated rings. The smallest absolute Gasteiger partial charge is 0.227 e. The number of fused-ring (bicyclic) bond motifs is 1. The number of hydrogen-bond acceptors (Lipinski definition) is 5. The quantitative estimate of drug-likeness (QED) is 0.177. The van der Waals surface area contributed by atoms with Crippen molar-refractivity contribution in [2.45, 2.75) is 0 Å². The molecule has 8 rings (SSSR count). The maximum absolute atomic E-state index is 7.34. The summed E-state index contributed by atoms with van der Waals surface area (Å²) in [7, 11) is 0. The summed E-state index contributed by atoms with van der Waals surface area (Å²) in [5, 5.41) is 0. The van der Waals surface area contributed by atoms with Gasteiger partial charge in [0.2, 0.25) is 5.89 Å². The van der Waals surface area contributed by atoms with Gasteiger partial charge in [-0.1, -0.05) is 127 Å². The summed E-state index contributed by atoms with van der Waals surface area (Å²) in [6, 6.07) is 49.8. The Hall–Kier alpha value is -6.71. The van der Waals surface area contributed by atoms with Gasteiger partial charge in [-0.2, -0.15) is 0 Å². The van der Waals surface area contributed by atoms with E-state index in [1.54, 1.807) is 0 Å². The number of oxazole rings is 1. The summed E-state index contributed by atoms with van der Waals surface area (Å²) < 4.78 is 6.34. The first-order valence-electron chi connectivity index (χ1n) is 15.2. The normalized spacial score (nSPS) is 11.0. The molecule has 0 atom stereocenters. The molecule has 0 saturated heterocycles. The molecule has 2 aromatic heterocycles. The molecular formula is C41H25N5O. The first-order valence-corrected chi connectivity index (χ1v) is 15.2. The van der Waals surface area contributed by atoms with Crippen molar-refractivity contribution in [3.8, 4) is 67.9 Å². The summed E-state index contributed by atoms with van der Waals surface area (Å²) in [5.74, 6) is 2.39. The third kappa shape index (κ3) is 5.54. The van der Waals surface area contributed by atoms with Crippen molar-refractivity contribution in [1.29, 1.82) is 0 Å². The predicted octanol–water partition coefficient (Wildman–Crippen LogP) is 10.6. The molecule has 0 aliphatic heterocycles. The first kappa shape index (κ1) is 27.8. The fourth-order valence-corrected chi connectivity index (χ4v) is 5.59. The van der Waals surface area contributed by atoms with Crippen LogP contribution in [0.4, 0.5) is 5.69 Å². The van der Waals surface area contributed by atoms with E-state index in [0.29, 0.717) is 34.6 Å². The number of hydrogen-bond donors (Lipinski definition) is 0. The Morgan fingerprint density at radius 2 is 0.894 bits per heavy atom. The van der Waals surface area contributed by atoms with E-state index in [1.165, 1.54) is 0 Å². The molecule has 0 bridgehead atoms. The van der Waals surface area contributed by atoms with Crippen LogP contribution in [0.25, 0.3) is 83.8 Å². The van der Waals surface area contributed by atoms with Crippen molar-refractivity contribution in [1.82, 2.24) is 19.9 Å². The van der Waals surface area contributed by atoms with Crippen LogP contribution in [0.1, 0.15) is 0 Å². The van der Waals surface area contributed by atoms with Crippen LogP contribution >= 0.6 is 0 Å². The van der Waals surface area contributed by atoms with Gasteiger partial charge in [0, 0.05) is 27.8 Å². The highest BCUT2D eigenvalue weighted by Gasteiger charge is 2.17. The van der Waals surface area contributed by atoms with Gasteiger partial charge in [0.25, 0.3) is 0 Å². The third-order valence-corrected chi connectivity index (χ3v) is 8.00. The molecular weight excluding hydrogens is 578 g/mol. The third-order valence-electron chi connectivity index (χ3n) is 8.00. The largest absolute Gasteiger partial charge is 0.436 e. The van der Waals surface area contributed by atoms with Crippen molar-refractivity contribution in [2.75, 3.05) is 0 Å². The summed E-state index contributed by atoms with van der Waals surface area (Å²) >= 11 is 0. The molecule has 0 aliphatic carbocycles. The SMILES string of the molecule is [C-]#[N+]c1ccc(-c2cc(-c3ccc(-c4nc(-c5ccccc5)nc(-c5ccccc5)n4)cc3)c3nc(-c4ccccc4)oc3c2)cc1. The topological polar surface area (TPSA) is 69.1 Å². The second-order valence-electron chi connectivity index (χ2n) is 11.0. The minimum Gasteiger partial charge on any atom is -0.436 e. The van der Waals surface area contributed by atoms with Crippen LogP contribution in [-0.2, 0) is 0 Å². The van der Waals surface area contributed by atoms with Crippen molar-refractivity contribution in [3.05, 3.63) is 163 Å². The fraction of sp³-hybridized carbons (Fsp3) is 0. The number of aromatic nitrogens is 4. The zero-order valence-corrected chi connectivity index (χ0v) is 25.1. The molecule has 8 aromatic rings. The Kier molecular flexibility index (Phi) is 7.10. The van der Waals surface area contributed by atoms with E-state index in [0.717, 1.165) is 50.0 Å². The number of benzene rings is 6. The average Bonchev–Trinajstić information content (AvgIpc) is 3.60. The van der Waals surface area contributed by atoms with E-state index >= 15 is 0 Å². The van der Waals surface area contributed by atoms with Gasteiger partial charge >= 0.3 is 0 Å². The Balaban J connectivity index is 1.24.